The quantitative estimate of drug-likeness (QED) is 0.771. The molecule has 1 N–H and O–H groups in total. The van der Waals surface area contributed by atoms with Crippen LogP contribution in [-0.4, -0.2) is 37.7 Å². The van der Waals surface area contributed by atoms with Crippen LogP contribution in [0.15, 0.2) is 24.7 Å². The van der Waals surface area contributed by atoms with E-state index < -0.39 is 11.9 Å². The molecule has 4 rings (SSSR count). The van der Waals surface area contributed by atoms with Gasteiger partial charge in [-0.3, -0.25) is 0 Å². The number of nitrogens with one attached hydrogen (secondary N) is 1. The fourth-order valence-corrected chi connectivity index (χ4v) is 3.33. The number of hydrogen-bond donors (Lipinski definition) is 1. The molecule has 0 radical (unpaired) electrons. The van der Waals surface area contributed by atoms with Crippen molar-refractivity contribution in [1.29, 1.82) is 0 Å². The summed E-state index contributed by atoms with van der Waals surface area (Å²) in [5, 5.41) is 4.39. The third kappa shape index (κ3) is 2.94. The van der Waals surface area contributed by atoms with Crippen LogP contribution in [0.1, 0.15) is 36.0 Å². The Balaban J connectivity index is 1.50. The van der Waals surface area contributed by atoms with E-state index in [1.807, 2.05) is 13.0 Å². The molecule has 0 spiro atoms. The van der Waals surface area contributed by atoms with E-state index in [4.69, 9.17) is 0 Å². The fraction of sp³-hybridized carbons (Fsp3) is 0.438. The molecule has 0 amide bonds. The second-order valence-electron chi connectivity index (χ2n) is 6.31. The Bertz CT molecular complexity index is 889. The van der Waals surface area contributed by atoms with E-state index in [1.165, 1.54) is 0 Å². The lowest BCUT2D eigenvalue weighted by molar-refractivity contribution is -0.141. The Morgan fingerprint density at radius 1 is 1.20 bits per heavy atom. The van der Waals surface area contributed by atoms with Crippen LogP contribution < -0.4 is 4.90 Å². The summed E-state index contributed by atoms with van der Waals surface area (Å²) in [5.41, 5.74) is 1.07. The van der Waals surface area contributed by atoms with Crippen LogP contribution in [0, 0.1) is 6.92 Å². The SMILES string of the molecule is Cc1cc2c(N3CCC(c4ncc(C(F)(F)F)[nH]4)CC3)nccn2n1. The molecule has 9 heteroatoms. The maximum Gasteiger partial charge on any atom is 0.432 e. The highest BCUT2D eigenvalue weighted by Crippen LogP contribution is 2.33. The van der Waals surface area contributed by atoms with Crippen LogP contribution in [-0.2, 0) is 6.18 Å². The van der Waals surface area contributed by atoms with Gasteiger partial charge in [-0.15, -0.1) is 0 Å². The van der Waals surface area contributed by atoms with Gasteiger partial charge in [-0.05, 0) is 25.8 Å². The minimum atomic E-state index is -4.38. The first-order valence-corrected chi connectivity index (χ1v) is 8.10. The number of piperidine rings is 1. The number of aromatic amines is 1. The van der Waals surface area contributed by atoms with Crippen LogP contribution in [0.5, 0.6) is 0 Å². The largest absolute Gasteiger partial charge is 0.432 e. The van der Waals surface area contributed by atoms with Gasteiger partial charge >= 0.3 is 6.18 Å². The minimum Gasteiger partial charge on any atom is -0.355 e. The van der Waals surface area contributed by atoms with Gasteiger partial charge in [-0.25, -0.2) is 14.5 Å². The van der Waals surface area contributed by atoms with E-state index in [1.54, 1.807) is 16.9 Å². The van der Waals surface area contributed by atoms with Crippen molar-refractivity contribution in [1.82, 2.24) is 24.6 Å². The van der Waals surface area contributed by atoms with E-state index >= 15 is 0 Å². The molecular formula is C16H17F3N6. The second-order valence-corrected chi connectivity index (χ2v) is 6.31. The van der Waals surface area contributed by atoms with Crippen molar-refractivity contribution < 1.29 is 13.2 Å². The van der Waals surface area contributed by atoms with Gasteiger partial charge in [-0.2, -0.15) is 18.3 Å². The normalized spacial score (nSPS) is 16.7. The molecule has 1 aliphatic rings. The number of rotatable bonds is 2. The predicted molar refractivity (Wildman–Crippen MR) is 85.5 cm³/mol. The van der Waals surface area contributed by atoms with Crippen LogP contribution >= 0.6 is 0 Å². The van der Waals surface area contributed by atoms with Crippen LogP contribution in [0.25, 0.3) is 5.52 Å². The van der Waals surface area contributed by atoms with E-state index in [9.17, 15) is 13.2 Å². The summed E-state index contributed by atoms with van der Waals surface area (Å²) < 4.78 is 39.9. The Kier molecular flexibility index (Phi) is 3.66. The number of aromatic nitrogens is 5. The zero-order valence-corrected chi connectivity index (χ0v) is 13.6. The summed E-state index contributed by atoms with van der Waals surface area (Å²) in [6, 6.07) is 1.98. The number of hydrogen-bond acceptors (Lipinski definition) is 4. The van der Waals surface area contributed by atoms with Gasteiger partial charge < -0.3 is 9.88 Å². The monoisotopic (exact) mass is 350 g/mol. The molecule has 0 saturated carbocycles. The molecule has 132 valence electrons. The van der Waals surface area contributed by atoms with Gasteiger partial charge in [0, 0.05) is 31.4 Å². The van der Waals surface area contributed by atoms with Gasteiger partial charge in [-0.1, -0.05) is 0 Å². The number of nitrogens with zero attached hydrogens (tertiary/aromatic N) is 5. The van der Waals surface area contributed by atoms with Crippen molar-refractivity contribution in [3.63, 3.8) is 0 Å². The van der Waals surface area contributed by atoms with E-state index in [0.717, 1.165) is 36.1 Å². The molecule has 3 aromatic rings. The molecule has 4 heterocycles. The lowest BCUT2D eigenvalue weighted by Crippen LogP contribution is -2.34. The number of anilines is 1. The molecule has 0 aromatic carbocycles. The standard InChI is InChI=1S/C16H17F3N6/c1-10-8-12-15(20-4-7-25(12)23-10)24-5-2-11(3-6-24)14-21-9-13(22-14)16(17,18)19/h4,7-9,11H,2-3,5-6H2,1H3,(H,21,22). The van der Waals surface area contributed by atoms with Gasteiger partial charge in [0.15, 0.2) is 5.82 Å². The fourth-order valence-electron chi connectivity index (χ4n) is 3.33. The maximum atomic E-state index is 12.7. The average Bonchev–Trinajstić information content (AvgIpc) is 3.20. The minimum absolute atomic E-state index is 0.00118. The molecule has 0 unspecified atom stereocenters. The van der Waals surface area contributed by atoms with Crippen LogP contribution in [0.3, 0.4) is 0 Å². The average molecular weight is 350 g/mol. The number of aryl methyl sites for hydroxylation is 1. The van der Waals surface area contributed by atoms with Crippen molar-refractivity contribution in [2.45, 2.75) is 31.9 Å². The van der Waals surface area contributed by atoms with Crippen molar-refractivity contribution in [2.75, 3.05) is 18.0 Å². The zero-order chi connectivity index (χ0) is 17.6. The molecule has 0 aliphatic carbocycles. The summed E-state index contributed by atoms with van der Waals surface area (Å²) in [7, 11) is 0. The van der Waals surface area contributed by atoms with Crippen molar-refractivity contribution in [3.05, 3.63) is 41.9 Å². The van der Waals surface area contributed by atoms with E-state index in [0.29, 0.717) is 18.9 Å². The first-order chi connectivity index (χ1) is 11.9. The highest BCUT2D eigenvalue weighted by atomic mass is 19.4. The van der Waals surface area contributed by atoms with Crippen molar-refractivity contribution in [2.24, 2.45) is 0 Å². The lowest BCUT2D eigenvalue weighted by atomic mass is 9.96. The maximum absolute atomic E-state index is 12.7. The highest BCUT2D eigenvalue weighted by Gasteiger charge is 2.34. The van der Waals surface area contributed by atoms with Gasteiger partial charge in [0.2, 0.25) is 0 Å². The molecule has 1 fully saturated rings. The zero-order valence-electron chi connectivity index (χ0n) is 13.6. The third-order valence-corrected chi connectivity index (χ3v) is 4.57. The van der Waals surface area contributed by atoms with Gasteiger partial charge in [0.25, 0.3) is 0 Å². The van der Waals surface area contributed by atoms with Crippen molar-refractivity contribution in [3.8, 4) is 0 Å². The van der Waals surface area contributed by atoms with Crippen LogP contribution in [0.2, 0.25) is 0 Å². The molecule has 1 saturated heterocycles. The molecule has 6 nitrogen and oxygen atoms in total. The Morgan fingerprint density at radius 2 is 1.96 bits per heavy atom. The molecule has 0 atom stereocenters. The number of H-pyrrole nitrogens is 1. The topological polar surface area (TPSA) is 62.1 Å². The number of alkyl halides is 3. The Labute approximate surface area is 141 Å². The molecule has 1 aliphatic heterocycles. The summed E-state index contributed by atoms with van der Waals surface area (Å²) in [6.07, 6.45) is 1.45. The molecule has 0 bridgehead atoms. The van der Waals surface area contributed by atoms with Gasteiger partial charge in [0.05, 0.1) is 11.9 Å². The third-order valence-electron chi connectivity index (χ3n) is 4.57. The smallest absolute Gasteiger partial charge is 0.355 e. The predicted octanol–water partition coefficient (Wildman–Crippen LogP) is 3.16. The Morgan fingerprint density at radius 3 is 2.64 bits per heavy atom. The highest BCUT2D eigenvalue weighted by molar-refractivity contribution is 5.69. The number of imidazole rings is 1. The van der Waals surface area contributed by atoms with Gasteiger partial charge in [0.1, 0.15) is 17.0 Å². The summed E-state index contributed by atoms with van der Waals surface area (Å²) in [6.45, 7) is 3.35. The molecule has 3 aromatic heterocycles. The first-order valence-electron chi connectivity index (χ1n) is 8.10. The first kappa shape index (κ1) is 15.9. The van der Waals surface area contributed by atoms with Crippen molar-refractivity contribution >= 4 is 11.3 Å². The second kappa shape index (κ2) is 5.75. The van der Waals surface area contributed by atoms with E-state index in [2.05, 4.69) is 25.0 Å². The summed E-state index contributed by atoms with van der Waals surface area (Å²) in [5.74, 6) is 1.27. The number of halogens is 3. The van der Waals surface area contributed by atoms with E-state index in [-0.39, 0.29) is 5.92 Å². The Hall–Kier alpha value is -2.58. The lowest BCUT2D eigenvalue weighted by Gasteiger charge is -2.32. The van der Waals surface area contributed by atoms with Crippen LogP contribution in [0.4, 0.5) is 19.0 Å². The summed E-state index contributed by atoms with van der Waals surface area (Å²) in [4.78, 5) is 13.0. The number of fused-ring (bicyclic) bond motifs is 1. The molecular weight excluding hydrogens is 333 g/mol. The summed E-state index contributed by atoms with van der Waals surface area (Å²) >= 11 is 0. The molecule has 25 heavy (non-hydrogen) atoms.